The van der Waals surface area contributed by atoms with Crippen LogP contribution in [-0.2, 0) is 14.8 Å². The molecule has 0 heterocycles. The monoisotopic (exact) mass is 480 g/mol. The van der Waals surface area contributed by atoms with E-state index in [0.717, 1.165) is 22.2 Å². The summed E-state index contributed by atoms with van der Waals surface area (Å²) in [5.74, 6) is 0.471. The Balaban J connectivity index is 1.72. The van der Waals surface area contributed by atoms with Gasteiger partial charge in [0.15, 0.2) is 0 Å². The van der Waals surface area contributed by atoms with Crippen molar-refractivity contribution in [3.63, 3.8) is 0 Å². The van der Waals surface area contributed by atoms with Crippen LogP contribution in [0.1, 0.15) is 32.6 Å². The van der Waals surface area contributed by atoms with Crippen LogP contribution in [0.3, 0.4) is 0 Å². The zero-order valence-corrected chi connectivity index (χ0v) is 19.8. The number of carbonyl (C=O) groups is 1. The summed E-state index contributed by atoms with van der Waals surface area (Å²) in [7, 11) is -4.07. The maximum absolute atomic E-state index is 13.3. The van der Waals surface area contributed by atoms with Gasteiger partial charge in [0.1, 0.15) is 18.1 Å². The second-order valence-electron chi connectivity index (χ2n) is 7.52. The normalized spacial score (nSPS) is 14.3. The van der Waals surface area contributed by atoms with Gasteiger partial charge in [0, 0.05) is 17.5 Å². The Hall–Kier alpha value is -2.26. The Kier molecular flexibility index (Phi) is 8.81. The lowest BCUT2D eigenvalue weighted by atomic mass is 10.3. The number of rotatable bonds is 11. The molecule has 0 spiro atoms. The highest BCUT2D eigenvalue weighted by molar-refractivity contribution is 7.99. The summed E-state index contributed by atoms with van der Waals surface area (Å²) in [6.07, 6.45) is 4.98. The SMILES string of the molecule is CCOc1ccc(N(CC(=O)NCCSC2CCCC2)S(=O)(=O)c2ccc(F)cc2)cc1. The summed E-state index contributed by atoms with van der Waals surface area (Å²) in [4.78, 5) is 12.5. The number of hydrogen-bond acceptors (Lipinski definition) is 5. The molecule has 0 aromatic heterocycles. The van der Waals surface area contributed by atoms with Gasteiger partial charge >= 0.3 is 0 Å². The molecule has 2 aromatic rings. The van der Waals surface area contributed by atoms with E-state index in [1.54, 1.807) is 24.3 Å². The third kappa shape index (κ3) is 6.62. The van der Waals surface area contributed by atoms with Gasteiger partial charge < -0.3 is 10.1 Å². The molecule has 3 rings (SSSR count). The van der Waals surface area contributed by atoms with Gasteiger partial charge in [0.05, 0.1) is 17.2 Å². The van der Waals surface area contributed by atoms with Crippen LogP contribution in [0.4, 0.5) is 10.1 Å². The molecular formula is C23H29FN2O4S2. The van der Waals surface area contributed by atoms with E-state index in [2.05, 4.69) is 5.32 Å². The summed E-state index contributed by atoms with van der Waals surface area (Å²) >= 11 is 1.86. The number of carbonyl (C=O) groups excluding carboxylic acids is 1. The van der Waals surface area contributed by atoms with Crippen molar-refractivity contribution >= 4 is 33.4 Å². The molecule has 1 amide bonds. The first-order valence-electron chi connectivity index (χ1n) is 10.8. The smallest absolute Gasteiger partial charge is 0.264 e. The van der Waals surface area contributed by atoms with Crippen molar-refractivity contribution in [3.8, 4) is 5.75 Å². The summed E-state index contributed by atoms with van der Waals surface area (Å²) in [5, 5.41) is 3.48. The molecule has 1 aliphatic rings. The summed E-state index contributed by atoms with van der Waals surface area (Å²) in [6, 6.07) is 11.1. The summed E-state index contributed by atoms with van der Waals surface area (Å²) in [6.45, 7) is 2.45. The highest BCUT2D eigenvalue weighted by Crippen LogP contribution is 2.29. The molecule has 1 saturated carbocycles. The van der Waals surface area contributed by atoms with E-state index in [0.29, 0.717) is 29.8 Å². The largest absolute Gasteiger partial charge is 0.494 e. The molecule has 1 fully saturated rings. The van der Waals surface area contributed by atoms with Crippen molar-refractivity contribution < 1.29 is 22.3 Å². The van der Waals surface area contributed by atoms with Crippen LogP contribution >= 0.6 is 11.8 Å². The van der Waals surface area contributed by atoms with Gasteiger partial charge in [-0.3, -0.25) is 9.10 Å². The highest BCUT2D eigenvalue weighted by Gasteiger charge is 2.27. The third-order valence-electron chi connectivity index (χ3n) is 5.20. The van der Waals surface area contributed by atoms with E-state index in [4.69, 9.17) is 4.74 Å². The zero-order valence-electron chi connectivity index (χ0n) is 18.1. The second-order valence-corrected chi connectivity index (χ2v) is 10.8. The number of ether oxygens (including phenoxy) is 1. The first-order valence-corrected chi connectivity index (χ1v) is 13.3. The van der Waals surface area contributed by atoms with Crippen LogP contribution in [0, 0.1) is 5.82 Å². The minimum atomic E-state index is -4.07. The molecule has 1 N–H and O–H groups in total. The molecule has 0 atom stereocenters. The van der Waals surface area contributed by atoms with Crippen LogP contribution < -0.4 is 14.4 Å². The lowest BCUT2D eigenvalue weighted by molar-refractivity contribution is -0.119. The summed E-state index contributed by atoms with van der Waals surface area (Å²) < 4.78 is 46.3. The van der Waals surface area contributed by atoms with Gasteiger partial charge in [-0.15, -0.1) is 0 Å². The average Bonchev–Trinajstić information content (AvgIpc) is 3.30. The van der Waals surface area contributed by atoms with Crippen molar-refractivity contribution in [1.29, 1.82) is 0 Å². The first kappa shape index (κ1) is 24.4. The molecular weight excluding hydrogens is 451 g/mol. The molecule has 0 radical (unpaired) electrons. The van der Waals surface area contributed by atoms with Crippen molar-refractivity contribution in [2.75, 3.05) is 29.8 Å². The lowest BCUT2D eigenvalue weighted by Crippen LogP contribution is -2.41. The molecule has 1 aliphatic carbocycles. The van der Waals surface area contributed by atoms with E-state index in [1.165, 1.54) is 37.8 Å². The van der Waals surface area contributed by atoms with Gasteiger partial charge in [0.25, 0.3) is 10.0 Å². The number of benzene rings is 2. The van der Waals surface area contributed by atoms with Crippen LogP contribution in [-0.4, -0.2) is 45.0 Å². The van der Waals surface area contributed by atoms with E-state index in [-0.39, 0.29) is 11.4 Å². The number of hydrogen-bond donors (Lipinski definition) is 1. The van der Waals surface area contributed by atoms with Crippen LogP contribution in [0.15, 0.2) is 53.4 Å². The molecule has 9 heteroatoms. The Labute approximate surface area is 193 Å². The Bertz CT molecular complexity index is 976. The standard InChI is InChI=1S/C23H29FN2O4S2/c1-2-30-20-11-9-19(10-12-20)26(32(28,29)22-13-7-18(24)8-14-22)17-23(27)25-15-16-31-21-5-3-4-6-21/h7-14,21H,2-6,15-17H2,1H3,(H,25,27). The van der Waals surface area contributed by atoms with Gasteiger partial charge in [-0.1, -0.05) is 12.8 Å². The molecule has 174 valence electrons. The van der Waals surface area contributed by atoms with Crippen molar-refractivity contribution in [2.45, 2.75) is 42.8 Å². The number of nitrogens with one attached hydrogen (secondary N) is 1. The predicted octanol–water partition coefficient (Wildman–Crippen LogP) is 4.21. The fourth-order valence-electron chi connectivity index (χ4n) is 3.58. The summed E-state index contributed by atoms with van der Waals surface area (Å²) in [5.41, 5.74) is 0.327. The fraction of sp³-hybridized carbons (Fsp3) is 0.435. The predicted molar refractivity (Wildman–Crippen MR) is 126 cm³/mol. The first-order chi connectivity index (χ1) is 15.4. The molecule has 0 bridgehead atoms. The van der Waals surface area contributed by atoms with Gasteiger partial charge in [-0.25, -0.2) is 12.8 Å². The third-order valence-corrected chi connectivity index (χ3v) is 8.38. The average molecular weight is 481 g/mol. The molecule has 6 nitrogen and oxygen atoms in total. The van der Waals surface area contributed by atoms with Gasteiger partial charge in [0.2, 0.25) is 5.91 Å². The van der Waals surface area contributed by atoms with Crippen molar-refractivity contribution in [3.05, 3.63) is 54.3 Å². The van der Waals surface area contributed by atoms with Gasteiger partial charge in [-0.05, 0) is 68.3 Å². The number of halogens is 1. The van der Waals surface area contributed by atoms with Crippen LogP contribution in [0.2, 0.25) is 0 Å². The topological polar surface area (TPSA) is 75.7 Å². The quantitative estimate of drug-likeness (QED) is 0.488. The Morgan fingerprint density at radius 1 is 1.12 bits per heavy atom. The molecule has 0 aliphatic heterocycles. The van der Waals surface area contributed by atoms with E-state index >= 15 is 0 Å². The van der Waals surface area contributed by atoms with E-state index in [1.807, 2.05) is 18.7 Å². The van der Waals surface area contributed by atoms with Crippen molar-refractivity contribution in [2.24, 2.45) is 0 Å². The highest BCUT2D eigenvalue weighted by atomic mass is 32.2. The molecule has 0 saturated heterocycles. The lowest BCUT2D eigenvalue weighted by Gasteiger charge is -2.24. The second kappa shape index (κ2) is 11.6. The molecule has 0 unspecified atom stereocenters. The number of anilines is 1. The van der Waals surface area contributed by atoms with Crippen LogP contribution in [0.25, 0.3) is 0 Å². The van der Waals surface area contributed by atoms with E-state index in [9.17, 15) is 17.6 Å². The molecule has 2 aromatic carbocycles. The maximum Gasteiger partial charge on any atom is 0.264 e. The van der Waals surface area contributed by atoms with E-state index < -0.39 is 21.7 Å². The van der Waals surface area contributed by atoms with Crippen LogP contribution in [0.5, 0.6) is 5.75 Å². The fourth-order valence-corrected chi connectivity index (χ4v) is 6.22. The number of sulfonamides is 1. The maximum atomic E-state index is 13.3. The minimum absolute atomic E-state index is 0.0858. The number of thioether (sulfide) groups is 1. The molecule has 32 heavy (non-hydrogen) atoms. The Morgan fingerprint density at radius 2 is 1.78 bits per heavy atom. The van der Waals surface area contributed by atoms with Crippen molar-refractivity contribution in [1.82, 2.24) is 5.32 Å². The van der Waals surface area contributed by atoms with Gasteiger partial charge in [-0.2, -0.15) is 11.8 Å². The number of nitrogens with zero attached hydrogens (tertiary/aromatic N) is 1. The zero-order chi connectivity index (χ0) is 23.0. The minimum Gasteiger partial charge on any atom is -0.494 e. The number of amides is 1. The Morgan fingerprint density at radius 3 is 2.41 bits per heavy atom.